The topological polar surface area (TPSA) is 105 Å². The smallest absolute Gasteiger partial charge is 0.261 e. The van der Waals surface area contributed by atoms with Crippen molar-refractivity contribution in [2.45, 2.75) is 6.54 Å². The van der Waals surface area contributed by atoms with E-state index in [0.29, 0.717) is 12.8 Å². The predicted octanol–water partition coefficient (Wildman–Crippen LogP) is 1.14. The number of H-pyrrole nitrogens is 1. The molecule has 100 valence electrons. The highest BCUT2D eigenvalue weighted by Gasteiger charge is 1.99. The number of nitrogens with one attached hydrogen (secondary N) is 1. The van der Waals surface area contributed by atoms with Gasteiger partial charge in [0.15, 0.2) is 0 Å². The zero-order chi connectivity index (χ0) is 13.8. The summed E-state index contributed by atoms with van der Waals surface area (Å²) < 4.78 is 31.0. The van der Waals surface area contributed by atoms with Crippen molar-refractivity contribution in [1.29, 1.82) is 0 Å². The molecular weight excluding hydrogens is 256 g/mol. The highest BCUT2D eigenvalue weighted by molar-refractivity contribution is 7.85. The number of aromatic amines is 1. The zero-order valence-corrected chi connectivity index (χ0v) is 11.0. The van der Waals surface area contributed by atoms with Crippen LogP contribution in [0.15, 0.2) is 24.3 Å². The Morgan fingerprint density at radius 3 is 2.50 bits per heavy atom. The van der Waals surface area contributed by atoms with Crippen molar-refractivity contribution in [2.24, 2.45) is 5.73 Å². The van der Waals surface area contributed by atoms with Crippen LogP contribution in [0.2, 0.25) is 0 Å². The summed E-state index contributed by atoms with van der Waals surface area (Å²) >= 11 is 0. The fourth-order valence-electron chi connectivity index (χ4n) is 1.41. The first-order valence-electron chi connectivity index (χ1n) is 5.11. The zero-order valence-electron chi connectivity index (χ0n) is 10.2. The summed E-state index contributed by atoms with van der Waals surface area (Å²) in [6, 6.07) is 7.95. The van der Waals surface area contributed by atoms with Gasteiger partial charge in [-0.2, -0.15) is 8.42 Å². The van der Waals surface area contributed by atoms with Crippen LogP contribution in [0.4, 0.5) is 0 Å². The Morgan fingerprint density at radius 2 is 2.00 bits per heavy atom. The van der Waals surface area contributed by atoms with Crippen molar-refractivity contribution in [3.8, 4) is 5.75 Å². The molecule has 1 aromatic heterocycles. The first kappa shape index (κ1) is 14.5. The molecule has 0 aliphatic heterocycles. The molecular formula is C11H16N2O4S. The van der Waals surface area contributed by atoms with Crippen LogP contribution < -0.4 is 10.5 Å². The maximum Gasteiger partial charge on any atom is 0.261 e. The summed E-state index contributed by atoms with van der Waals surface area (Å²) in [6.45, 7) is 0.539. The third-order valence-corrected chi connectivity index (χ3v) is 2.10. The van der Waals surface area contributed by atoms with Crippen LogP contribution >= 0.6 is 0 Å². The summed E-state index contributed by atoms with van der Waals surface area (Å²) in [6.07, 6.45) is 0.715. The van der Waals surface area contributed by atoms with Gasteiger partial charge in [0.1, 0.15) is 5.75 Å². The molecule has 6 nitrogen and oxygen atoms in total. The second kappa shape index (κ2) is 5.85. The van der Waals surface area contributed by atoms with E-state index in [1.165, 1.54) is 0 Å². The quantitative estimate of drug-likeness (QED) is 0.711. The van der Waals surface area contributed by atoms with Crippen molar-refractivity contribution < 1.29 is 17.7 Å². The molecule has 0 bridgehead atoms. The van der Waals surface area contributed by atoms with Gasteiger partial charge in [0.05, 0.1) is 13.4 Å². The van der Waals surface area contributed by atoms with Crippen LogP contribution in [0.5, 0.6) is 5.75 Å². The van der Waals surface area contributed by atoms with Gasteiger partial charge in [-0.3, -0.25) is 4.55 Å². The van der Waals surface area contributed by atoms with Crippen LogP contribution in [0.3, 0.4) is 0 Å². The molecule has 2 aromatic rings. The normalized spacial score (nSPS) is 10.9. The number of nitrogens with two attached hydrogens (primary N) is 1. The second-order valence-electron chi connectivity index (χ2n) is 3.68. The molecule has 0 saturated heterocycles. The Morgan fingerprint density at radius 1 is 1.39 bits per heavy atom. The second-order valence-corrected chi connectivity index (χ2v) is 5.15. The standard InChI is InChI=1S/C10H12N2O.CH4O3S/c1-13-9-2-3-10-7(5-9)4-8(6-11)12-10;1-5(2,3)4/h2-5,12H,6,11H2,1H3;1H3,(H,2,3,4). The first-order valence-corrected chi connectivity index (χ1v) is 6.96. The Kier molecular flexibility index (Phi) is 4.71. The van der Waals surface area contributed by atoms with E-state index in [-0.39, 0.29) is 0 Å². The van der Waals surface area contributed by atoms with E-state index in [9.17, 15) is 8.42 Å². The average Bonchev–Trinajstić information content (AvgIpc) is 2.68. The number of methoxy groups -OCH3 is 1. The van der Waals surface area contributed by atoms with E-state index in [0.717, 1.165) is 22.3 Å². The minimum Gasteiger partial charge on any atom is -0.497 e. The van der Waals surface area contributed by atoms with Gasteiger partial charge >= 0.3 is 0 Å². The molecule has 18 heavy (non-hydrogen) atoms. The number of hydrogen-bond donors (Lipinski definition) is 3. The van der Waals surface area contributed by atoms with Gasteiger partial charge in [-0.05, 0) is 24.3 Å². The lowest BCUT2D eigenvalue weighted by molar-refractivity contribution is 0.415. The summed E-state index contributed by atoms with van der Waals surface area (Å²) in [4.78, 5) is 3.22. The van der Waals surface area contributed by atoms with Crippen molar-refractivity contribution in [1.82, 2.24) is 4.98 Å². The maximum absolute atomic E-state index is 9.19. The van der Waals surface area contributed by atoms with Gasteiger partial charge < -0.3 is 15.5 Å². The lowest BCUT2D eigenvalue weighted by Gasteiger charge is -1.97. The molecule has 0 fully saturated rings. The Labute approximate surface area is 106 Å². The van der Waals surface area contributed by atoms with Crippen molar-refractivity contribution in [2.75, 3.05) is 13.4 Å². The van der Waals surface area contributed by atoms with Gasteiger partial charge in [-0.25, -0.2) is 0 Å². The monoisotopic (exact) mass is 272 g/mol. The molecule has 0 saturated carbocycles. The first-order chi connectivity index (χ1) is 8.33. The molecule has 1 heterocycles. The van der Waals surface area contributed by atoms with E-state index in [4.69, 9.17) is 15.0 Å². The van der Waals surface area contributed by atoms with Crippen molar-refractivity contribution in [3.05, 3.63) is 30.0 Å². The maximum atomic E-state index is 9.19. The fraction of sp³-hybridized carbons (Fsp3) is 0.273. The average molecular weight is 272 g/mol. The van der Waals surface area contributed by atoms with Crippen molar-refractivity contribution >= 4 is 21.0 Å². The fourth-order valence-corrected chi connectivity index (χ4v) is 1.41. The molecule has 0 spiro atoms. The Bertz CT molecular complexity index is 609. The van der Waals surface area contributed by atoms with Gasteiger partial charge in [-0.1, -0.05) is 0 Å². The molecule has 2 rings (SSSR count). The molecule has 1 aromatic carbocycles. The lowest BCUT2D eigenvalue weighted by atomic mass is 10.2. The van der Waals surface area contributed by atoms with Gasteiger partial charge in [-0.15, -0.1) is 0 Å². The number of benzene rings is 1. The number of rotatable bonds is 2. The number of ether oxygens (including phenoxy) is 1. The summed E-state index contributed by atoms with van der Waals surface area (Å²) in [5.41, 5.74) is 7.66. The van der Waals surface area contributed by atoms with E-state index in [1.807, 2.05) is 24.3 Å². The predicted molar refractivity (Wildman–Crippen MR) is 70.2 cm³/mol. The van der Waals surface area contributed by atoms with Gasteiger partial charge in [0, 0.05) is 23.1 Å². The summed E-state index contributed by atoms with van der Waals surface area (Å²) in [5.74, 6) is 0.870. The lowest BCUT2D eigenvalue weighted by Crippen LogP contribution is -1.94. The van der Waals surface area contributed by atoms with Gasteiger partial charge in [0.25, 0.3) is 10.1 Å². The molecule has 0 aliphatic rings. The molecule has 0 atom stereocenters. The minimum absolute atomic E-state index is 0.539. The number of fused-ring (bicyclic) bond motifs is 1. The van der Waals surface area contributed by atoms with E-state index in [1.54, 1.807) is 7.11 Å². The van der Waals surface area contributed by atoms with E-state index in [2.05, 4.69) is 4.98 Å². The van der Waals surface area contributed by atoms with Crippen LogP contribution in [0.25, 0.3) is 10.9 Å². The molecule has 0 unspecified atom stereocenters. The highest BCUT2D eigenvalue weighted by Crippen LogP contribution is 2.20. The largest absolute Gasteiger partial charge is 0.497 e. The summed E-state index contributed by atoms with van der Waals surface area (Å²) in [5, 5.41) is 1.14. The van der Waals surface area contributed by atoms with E-state index < -0.39 is 10.1 Å². The molecule has 0 aliphatic carbocycles. The third-order valence-electron chi connectivity index (χ3n) is 2.10. The Balaban J connectivity index is 0.000000280. The minimum atomic E-state index is -3.67. The highest BCUT2D eigenvalue weighted by atomic mass is 32.2. The Hall–Kier alpha value is -1.57. The number of hydrogen-bond acceptors (Lipinski definition) is 4. The van der Waals surface area contributed by atoms with Crippen LogP contribution in [0, 0.1) is 0 Å². The third kappa shape index (κ3) is 4.74. The van der Waals surface area contributed by atoms with Crippen LogP contribution in [-0.4, -0.2) is 31.3 Å². The molecule has 0 radical (unpaired) electrons. The van der Waals surface area contributed by atoms with Crippen LogP contribution in [0.1, 0.15) is 5.69 Å². The number of aromatic nitrogens is 1. The van der Waals surface area contributed by atoms with E-state index >= 15 is 0 Å². The summed E-state index contributed by atoms with van der Waals surface area (Å²) in [7, 11) is -2.00. The molecule has 7 heteroatoms. The van der Waals surface area contributed by atoms with Crippen molar-refractivity contribution in [3.63, 3.8) is 0 Å². The molecule has 0 amide bonds. The molecule has 4 N–H and O–H groups in total. The van der Waals surface area contributed by atoms with Crippen LogP contribution in [-0.2, 0) is 16.7 Å². The SMILES string of the molecule is COc1ccc2[nH]c(CN)cc2c1.CS(=O)(=O)O. The van der Waals surface area contributed by atoms with Gasteiger partial charge in [0.2, 0.25) is 0 Å².